The van der Waals surface area contributed by atoms with Gasteiger partial charge in [0.1, 0.15) is 6.10 Å². The average molecular weight is 439 g/mol. The summed E-state index contributed by atoms with van der Waals surface area (Å²) in [6.07, 6.45) is 21.2. The third kappa shape index (κ3) is 12.5. The third-order valence-electron chi connectivity index (χ3n) is 6.99. The number of rotatable bonds is 18. The van der Waals surface area contributed by atoms with Crippen LogP contribution in [0.25, 0.3) is 0 Å². The van der Waals surface area contributed by atoms with Crippen molar-refractivity contribution in [2.45, 2.75) is 142 Å². The Labute approximate surface area is 191 Å². The van der Waals surface area contributed by atoms with Crippen molar-refractivity contribution in [2.24, 2.45) is 17.8 Å². The lowest BCUT2D eigenvalue weighted by molar-refractivity contribution is -0.165. The lowest BCUT2D eigenvalue weighted by Gasteiger charge is -2.30. The standard InChI is InChI=1S/C27H50O4/c1-4-5-6-7-8-9-10-11-12-13-14-15-16-21-25(22(2)3)31-27(30)24-20-18-17-19-23(24)26(28)29/h22-25H,4-21H2,1-3H3,(H,28,29). The second kappa shape index (κ2) is 17.5. The second-order valence-corrected chi connectivity index (χ2v) is 10.1. The highest BCUT2D eigenvalue weighted by molar-refractivity contribution is 5.81. The van der Waals surface area contributed by atoms with Crippen LogP contribution in [0.5, 0.6) is 0 Å². The number of carboxylic acids is 1. The molecule has 1 aliphatic rings. The van der Waals surface area contributed by atoms with Gasteiger partial charge in [-0.3, -0.25) is 9.59 Å². The van der Waals surface area contributed by atoms with Gasteiger partial charge in [-0.25, -0.2) is 0 Å². The van der Waals surface area contributed by atoms with E-state index in [1.807, 2.05) is 0 Å². The molecule has 0 aromatic carbocycles. The SMILES string of the molecule is CCCCCCCCCCCCCCCC(OC(=O)C1CCCCC1C(=O)O)C(C)C. The van der Waals surface area contributed by atoms with E-state index in [4.69, 9.17) is 4.74 Å². The summed E-state index contributed by atoms with van der Waals surface area (Å²) in [7, 11) is 0. The summed E-state index contributed by atoms with van der Waals surface area (Å²) in [6, 6.07) is 0. The van der Waals surface area contributed by atoms with Crippen molar-refractivity contribution in [2.75, 3.05) is 0 Å². The average Bonchev–Trinajstić information content (AvgIpc) is 2.75. The zero-order valence-corrected chi connectivity index (χ0v) is 20.7. The predicted octanol–water partition coefficient (Wildman–Crippen LogP) is 7.93. The molecule has 0 heterocycles. The Morgan fingerprint density at radius 2 is 1.23 bits per heavy atom. The molecule has 0 amide bonds. The summed E-state index contributed by atoms with van der Waals surface area (Å²) in [5.74, 6) is -1.88. The van der Waals surface area contributed by atoms with Crippen LogP contribution in [0.1, 0.15) is 136 Å². The third-order valence-corrected chi connectivity index (χ3v) is 6.99. The van der Waals surface area contributed by atoms with Crippen LogP contribution < -0.4 is 0 Å². The summed E-state index contributed by atoms with van der Waals surface area (Å²) in [5, 5.41) is 9.43. The van der Waals surface area contributed by atoms with E-state index in [-0.39, 0.29) is 18.0 Å². The number of esters is 1. The zero-order chi connectivity index (χ0) is 22.9. The molecule has 31 heavy (non-hydrogen) atoms. The van der Waals surface area contributed by atoms with Crippen molar-refractivity contribution in [3.63, 3.8) is 0 Å². The van der Waals surface area contributed by atoms with Gasteiger partial charge in [-0.15, -0.1) is 0 Å². The molecule has 3 unspecified atom stereocenters. The smallest absolute Gasteiger partial charge is 0.310 e. The van der Waals surface area contributed by atoms with Crippen LogP contribution in [0.2, 0.25) is 0 Å². The molecule has 1 fully saturated rings. The van der Waals surface area contributed by atoms with Crippen molar-refractivity contribution in [1.29, 1.82) is 0 Å². The molecule has 0 spiro atoms. The van der Waals surface area contributed by atoms with Crippen LogP contribution in [-0.2, 0) is 14.3 Å². The molecule has 4 nitrogen and oxygen atoms in total. The number of ether oxygens (including phenoxy) is 1. The van der Waals surface area contributed by atoms with Gasteiger partial charge in [0.15, 0.2) is 0 Å². The number of aliphatic carboxylic acids is 1. The highest BCUT2D eigenvalue weighted by Gasteiger charge is 2.37. The fourth-order valence-corrected chi connectivity index (χ4v) is 4.84. The topological polar surface area (TPSA) is 63.6 Å². The molecular formula is C27H50O4. The maximum Gasteiger partial charge on any atom is 0.310 e. The minimum Gasteiger partial charge on any atom is -0.481 e. The van der Waals surface area contributed by atoms with Crippen LogP contribution in [-0.4, -0.2) is 23.1 Å². The molecule has 0 saturated heterocycles. The molecule has 1 aliphatic carbocycles. The Bertz CT molecular complexity index is 474. The number of carbonyl (C=O) groups excluding carboxylic acids is 1. The summed E-state index contributed by atoms with van der Waals surface area (Å²) in [5.41, 5.74) is 0. The maximum atomic E-state index is 12.7. The van der Waals surface area contributed by atoms with Gasteiger partial charge in [-0.05, 0) is 31.6 Å². The first-order chi connectivity index (χ1) is 15.0. The van der Waals surface area contributed by atoms with Crippen LogP contribution in [0.15, 0.2) is 0 Å². The molecule has 1 N–H and O–H groups in total. The number of carbonyl (C=O) groups is 2. The maximum absolute atomic E-state index is 12.7. The molecule has 3 atom stereocenters. The Kier molecular flexibility index (Phi) is 15.8. The number of carboxylic acid groups (broad SMARTS) is 1. The Morgan fingerprint density at radius 3 is 1.68 bits per heavy atom. The predicted molar refractivity (Wildman–Crippen MR) is 128 cm³/mol. The van der Waals surface area contributed by atoms with Gasteiger partial charge in [-0.2, -0.15) is 0 Å². The number of unbranched alkanes of at least 4 members (excludes halogenated alkanes) is 12. The summed E-state index contributed by atoms with van der Waals surface area (Å²) in [4.78, 5) is 24.2. The number of hydrogen-bond donors (Lipinski definition) is 1. The van der Waals surface area contributed by atoms with Gasteiger partial charge in [0.25, 0.3) is 0 Å². The fourth-order valence-electron chi connectivity index (χ4n) is 4.84. The van der Waals surface area contributed by atoms with E-state index >= 15 is 0 Å². The highest BCUT2D eigenvalue weighted by atomic mass is 16.5. The summed E-state index contributed by atoms with van der Waals surface area (Å²) < 4.78 is 5.84. The largest absolute Gasteiger partial charge is 0.481 e. The van der Waals surface area contributed by atoms with Crippen LogP contribution >= 0.6 is 0 Å². The quantitative estimate of drug-likeness (QED) is 0.174. The Morgan fingerprint density at radius 1 is 0.774 bits per heavy atom. The van der Waals surface area contributed by atoms with Gasteiger partial charge in [0, 0.05) is 0 Å². The van der Waals surface area contributed by atoms with Crippen molar-refractivity contribution < 1.29 is 19.4 Å². The van der Waals surface area contributed by atoms with Gasteiger partial charge in [0.05, 0.1) is 11.8 Å². The minimum absolute atomic E-state index is 0.0865. The Balaban J connectivity index is 2.14. The fraction of sp³-hybridized carbons (Fsp3) is 0.926. The number of hydrogen-bond acceptors (Lipinski definition) is 3. The normalized spacial score (nSPS) is 20.0. The molecule has 1 saturated carbocycles. The van der Waals surface area contributed by atoms with Gasteiger partial charge < -0.3 is 9.84 Å². The molecular weight excluding hydrogens is 388 g/mol. The lowest BCUT2D eigenvalue weighted by atomic mass is 9.79. The van der Waals surface area contributed by atoms with E-state index in [1.165, 1.54) is 77.0 Å². The molecule has 1 rings (SSSR count). The highest BCUT2D eigenvalue weighted by Crippen LogP contribution is 2.32. The van der Waals surface area contributed by atoms with Gasteiger partial charge in [0.2, 0.25) is 0 Å². The van der Waals surface area contributed by atoms with E-state index in [1.54, 1.807) is 0 Å². The van der Waals surface area contributed by atoms with Crippen molar-refractivity contribution in [3.05, 3.63) is 0 Å². The molecule has 0 aromatic heterocycles. The van der Waals surface area contributed by atoms with Crippen LogP contribution in [0, 0.1) is 17.8 Å². The molecule has 0 aromatic rings. The molecule has 0 radical (unpaired) electrons. The van der Waals surface area contributed by atoms with Crippen LogP contribution in [0.4, 0.5) is 0 Å². The van der Waals surface area contributed by atoms with E-state index in [2.05, 4.69) is 20.8 Å². The van der Waals surface area contributed by atoms with E-state index in [0.29, 0.717) is 12.8 Å². The van der Waals surface area contributed by atoms with E-state index in [0.717, 1.165) is 25.7 Å². The first-order valence-electron chi connectivity index (χ1n) is 13.4. The van der Waals surface area contributed by atoms with E-state index < -0.39 is 17.8 Å². The molecule has 4 heteroatoms. The molecule has 182 valence electrons. The first-order valence-corrected chi connectivity index (χ1v) is 13.4. The minimum atomic E-state index is -0.848. The van der Waals surface area contributed by atoms with Crippen molar-refractivity contribution in [3.8, 4) is 0 Å². The zero-order valence-electron chi connectivity index (χ0n) is 20.7. The first kappa shape index (κ1) is 28.0. The van der Waals surface area contributed by atoms with Gasteiger partial charge in [-0.1, -0.05) is 111 Å². The van der Waals surface area contributed by atoms with Crippen molar-refractivity contribution >= 4 is 11.9 Å². The van der Waals surface area contributed by atoms with Crippen LogP contribution in [0.3, 0.4) is 0 Å². The lowest BCUT2D eigenvalue weighted by Crippen LogP contribution is -2.36. The monoisotopic (exact) mass is 438 g/mol. The molecule has 0 aliphatic heterocycles. The summed E-state index contributed by atoms with van der Waals surface area (Å²) >= 11 is 0. The second-order valence-electron chi connectivity index (χ2n) is 10.1. The van der Waals surface area contributed by atoms with E-state index in [9.17, 15) is 14.7 Å². The van der Waals surface area contributed by atoms with Crippen molar-refractivity contribution in [1.82, 2.24) is 0 Å². The Hall–Kier alpha value is -1.06. The molecule has 0 bridgehead atoms. The summed E-state index contributed by atoms with van der Waals surface area (Å²) in [6.45, 7) is 6.45. The van der Waals surface area contributed by atoms with Gasteiger partial charge >= 0.3 is 11.9 Å².